The second-order valence-electron chi connectivity index (χ2n) is 11.3. The van der Waals surface area contributed by atoms with Crippen LogP contribution in [0.15, 0.2) is 18.2 Å². The van der Waals surface area contributed by atoms with E-state index in [9.17, 15) is 4.79 Å². The minimum absolute atomic E-state index is 0.0219. The van der Waals surface area contributed by atoms with Gasteiger partial charge < -0.3 is 10.2 Å². The summed E-state index contributed by atoms with van der Waals surface area (Å²) in [5.41, 5.74) is 2.92. The number of carbonyl (C=O) groups excluding carboxylic acids is 1. The zero-order valence-electron chi connectivity index (χ0n) is 19.4. The minimum Gasteiger partial charge on any atom is -0.351 e. The summed E-state index contributed by atoms with van der Waals surface area (Å²) in [6.45, 7) is 8.69. The highest BCUT2D eigenvalue weighted by molar-refractivity contribution is 6.33. The van der Waals surface area contributed by atoms with Crippen LogP contribution in [0.5, 0.6) is 0 Å². The zero-order valence-corrected chi connectivity index (χ0v) is 20.1. The van der Waals surface area contributed by atoms with Crippen molar-refractivity contribution < 1.29 is 4.79 Å². The smallest absolute Gasteiger partial charge is 0.252 e. The average Bonchev–Trinajstić information content (AvgIpc) is 3.07. The molecular weight excluding hydrogens is 404 g/mol. The molecule has 4 heteroatoms. The minimum atomic E-state index is 0.0219. The number of nitrogens with zero attached hydrogens (tertiary/aromatic N) is 1. The lowest BCUT2D eigenvalue weighted by Crippen LogP contribution is -2.43. The van der Waals surface area contributed by atoms with E-state index in [0.717, 1.165) is 56.8 Å². The van der Waals surface area contributed by atoms with Gasteiger partial charge in [0, 0.05) is 6.54 Å². The molecule has 4 aliphatic rings. The van der Waals surface area contributed by atoms with Crippen molar-refractivity contribution in [2.75, 3.05) is 26.2 Å². The number of benzene rings is 1. The number of rotatable bonds is 10. The normalized spacial score (nSPS) is 34.8. The van der Waals surface area contributed by atoms with E-state index >= 15 is 0 Å². The molecule has 0 aromatic heterocycles. The van der Waals surface area contributed by atoms with Crippen molar-refractivity contribution >= 4 is 17.5 Å². The van der Waals surface area contributed by atoms with E-state index < -0.39 is 0 Å². The topological polar surface area (TPSA) is 32.3 Å². The molecule has 4 saturated carbocycles. The van der Waals surface area contributed by atoms with Gasteiger partial charge in [0.05, 0.1) is 10.6 Å². The van der Waals surface area contributed by atoms with Crippen LogP contribution >= 0.6 is 11.6 Å². The van der Waals surface area contributed by atoms with Gasteiger partial charge in [0.15, 0.2) is 0 Å². The Morgan fingerprint density at radius 3 is 2.84 bits per heavy atom. The van der Waals surface area contributed by atoms with E-state index in [1.807, 2.05) is 12.1 Å². The first-order chi connectivity index (χ1) is 15.0. The van der Waals surface area contributed by atoms with Crippen molar-refractivity contribution in [3.63, 3.8) is 0 Å². The van der Waals surface area contributed by atoms with Gasteiger partial charge in [-0.05, 0) is 124 Å². The Bertz CT molecular complexity index is 837. The fourth-order valence-corrected chi connectivity index (χ4v) is 8.46. The molecule has 170 valence electrons. The molecule has 0 heterocycles. The lowest BCUT2D eigenvalue weighted by molar-refractivity contribution is -0.00253. The summed E-state index contributed by atoms with van der Waals surface area (Å²) in [7, 11) is 0. The lowest BCUT2D eigenvalue weighted by atomic mass is 9.55. The fourth-order valence-electron chi connectivity index (χ4n) is 8.26. The number of amides is 1. The van der Waals surface area contributed by atoms with Gasteiger partial charge in [0.2, 0.25) is 0 Å². The molecule has 3 bridgehead atoms. The second-order valence-corrected chi connectivity index (χ2v) is 11.7. The summed E-state index contributed by atoms with van der Waals surface area (Å²) >= 11 is 6.45. The molecule has 1 amide bonds. The van der Waals surface area contributed by atoms with Crippen LogP contribution in [0.2, 0.25) is 5.02 Å². The average molecular weight is 443 g/mol. The van der Waals surface area contributed by atoms with Crippen LogP contribution < -0.4 is 5.32 Å². The Balaban J connectivity index is 1.19. The van der Waals surface area contributed by atoms with Crippen LogP contribution in [0.25, 0.3) is 0 Å². The van der Waals surface area contributed by atoms with E-state index in [4.69, 9.17) is 11.6 Å². The van der Waals surface area contributed by atoms with Crippen molar-refractivity contribution in [1.82, 2.24) is 10.2 Å². The van der Waals surface area contributed by atoms with Gasteiger partial charge in [-0.15, -0.1) is 0 Å². The molecule has 4 fully saturated rings. The fraction of sp³-hybridized carbons (Fsp3) is 0.741. The molecule has 0 saturated heterocycles. The molecule has 31 heavy (non-hydrogen) atoms. The first-order valence-corrected chi connectivity index (χ1v) is 13.1. The number of carbonyl (C=O) groups is 1. The molecule has 0 radical (unpaired) electrons. The summed E-state index contributed by atoms with van der Waals surface area (Å²) < 4.78 is 0. The van der Waals surface area contributed by atoms with E-state index in [2.05, 4.69) is 30.1 Å². The predicted octanol–water partition coefficient (Wildman–Crippen LogP) is 5.95. The van der Waals surface area contributed by atoms with E-state index in [-0.39, 0.29) is 5.91 Å². The highest BCUT2D eigenvalue weighted by Crippen LogP contribution is 2.78. The predicted molar refractivity (Wildman–Crippen MR) is 128 cm³/mol. The SMILES string of the molecule is CCCN(CC)CCCc1ccc(Cl)c(C(=O)NCC23CC4CC5CC(C2)C5(C4)C3)c1. The van der Waals surface area contributed by atoms with Gasteiger partial charge >= 0.3 is 0 Å². The van der Waals surface area contributed by atoms with Gasteiger partial charge in [-0.3, -0.25) is 4.79 Å². The van der Waals surface area contributed by atoms with Crippen LogP contribution in [0.4, 0.5) is 0 Å². The van der Waals surface area contributed by atoms with Crippen molar-refractivity contribution in [2.45, 2.75) is 71.6 Å². The number of hydrogen-bond donors (Lipinski definition) is 1. The maximum atomic E-state index is 13.1. The molecule has 5 unspecified atom stereocenters. The highest BCUT2D eigenvalue weighted by Gasteiger charge is 2.70. The molecule has 4 aliphatic carbocycles. The van der Waals surface area contributed by atoms with Gasteiger partial charge in [0.25, 0.3) is 5.91 Å². The van der Waals surface area contributed by atoms with Crippen molar-refractivity contribution in [2.24, 2.45) is 28.6 Å². The van der Waals surface area contributed by atoms with Gasteiger partial charge in [-0.25, -0.2) is 0 Å². The van der Waals surface area contributed by atoms with Crippen LogP contribution in [0.1, 0.15) is 81.1 Å². The quantitative estimate of drug-likeness (QED) is 0.485. The molecule has 5 rings (SSSR count). The zero-order chi connectivity index (χ0) is 21.6. The van der Waals surface area contributed by atoms with Crippen LogP contribution in [0, 0.1) is 28.6 Å². The second kappa shape index (κ2) is 8.37. The van der Waals surface area contributed by atoms with E-state index in [1.165, 1.54) is 50.5 Å². The summed E-state index contributed by atoms with van der Waals surface area (Å²) in [6.07, 6.45) is 11.8. The van der Waals surface area contributed by atoms with E-state index in [0.29, 0.717) is 21.4 Å². The van der Waals surface area contributed by atoms with Crippen LogP contribution in [-0.4, -0.2) is 37.0 Å². The van der Waals surface area contributed by atoms with Crippen molar-refractivity contribution in [3.8, 4) is 0 Å². The van der Waals surface area contributed by atoms with Crippen LogP contribution in [0.3, 0.4) is 0 Å². The molecule has 1 N–H and O–H groups in total. The molecule has 0 aliphatic heterocycles. The highest BCUT2D eigenvalue weighted by atomic mass is 35.5. The first-order valence-electron chi connectivity index (χ1n) is 12.8. The Morgan fingerprint density at radius 2 is 2.03 bits per heavy atom. The molecule has 3 nitrogen and oxygen atoms in total. The molecule has 1 aromatic rings. The summed E-state index contributed by atoms with van der Waals surface area (Å²) in [5, 5.41) is 3.91. The summed E-state index contributed by atoms with van der Waals surface area (Å²) in [6, 6.07) is 6.03. The van der Waals surface area contributed by atoms with Gasteiger partial charge in [-0.2, -0.15) is 0 Å². The number of fused-ring (bicyclic) bond motifs is 2. The maximum absolute atomic E-state index is 13.1. The molecular formula is C27H39ClN2O. The van der Waals surface area contributed by atoms with Crippen LogP contribution in [-0.2, 0) is 6.42 Å². The summed E-state index contributed by atoms with van der Waals surface area (Å²) in [5.74, 6) is 2.90. The lowest BCUT2D eigenvalue weighted by Gasteiger charge is -2.49. The van der Waals surface area contributed by atoms with Crippen molar-refractivity contribution in [3.05, 3.63) is 34.3 Å². The molecule has 1 spiro atoms. The maximum Gasteiger partial charge on any atom is 0.252 e. The Hall–Kier alpha value is -1.06. The number of nitrogens with one attached hydrogen (secondary N) is 1. The van der Waals surface area contributed by atoms with Gasteiger partial charge in [0.1, 0.15) is 0 Å². The molecule has 5 atom stereocenters. The summed E-state index contributed by atoms with van der Waals surface area (Å²) in [4.78, 5) is 15.6. The largest absolute Gasteiger partial charge is 0.351 e. The third kappa shape index (κ3) is 3.84. The molecule has 1 aromatic carbocycles. The monoisotopic (exact) mass is 442 g/mol. The Morgan fingerprint density at radius 1 is 1.16 bits per heavy atom. The van der Waals surface area contributed by atoms with Crippen molar-refractivity contribution in [1.29, 1.82) is 0 Å². The van der Waals surface area contributed by atoms with E-state index in [1.54, 1.807) is 0 Å². The standard InChI is InChI=1S/C27H39ClN2O/c1-3-9-30(4-2)10-5-6-19-7-8-24(28)23(12-19)25(31)29-18-26-14-20-11-21-13-22(16-26)27(21,15-20)17-26/h7-8,12,20-22H,3-6,9-11,13-18H2,1-2H3,(H,29,31). The number of halogens is 1. The van der Waals surface area contributed by atoms with Gasteiger partial charge in [-0.1, -0.05) is 31.5 Å². The third-order valence-corrected chi connectivity index (χ3v) is 9.74. The number of hydrogen-bond acceptors (Lipinski definition) is 2. The Labute approximate surface area is 193 Å². The number of aryl methyl sites for hydroxylation is 1. The third-order valence-electron chi connectivity index (χ3n) is 9.41. The first kappa shape index (κ1) is 21.8. The Kier molecular flexibility index (Phi) is 5.88.